The third-order valence-electron chi connectivity index (χ3n) is 10.9. The molecule has 0 radical (unpaired) electrons. The van der Waals surface area contributed by atoms with E-state index in [1.165, 1.54) is 80.4 Å². The van der Waals surface area contributed by atoms with E-state index < -0.39 is 8.07 Å². The van der Waals surface area contributed by atoms with Crippen LogP contribution < -0.4 is 15.3 Å². The van der Waals surface area contributed by atoms with Crippen LogP contribution in [0.15, 0.2) is 176 Å². The number of benzene rings is 8. The van der Waals surface area contributed by atoms with Crippen LogP contribution in [0.2, 0.25) is 13.1 Å². The standard InChI is InChI=1S/C48H35NSSi/c1-51(2)44-24-12-22-41(47(44)48-45(51)30-29-43-46(48)40-20-8-9-23-42(40)50-43)49(37-18-10-17-35(31-37)32-13-4-3-5-14-32)36-27-25-34(26-28-36)39-21-11-16-33-15-6-7-19-38(33)39/h3-31H,1-2H3. The van der Waals surface area contributed by atoms with Crippen LogP contribution in [0, 0.1) is 0 Å². The number of thiophene rings is 1. The van der Waals surface area contributed by atoms with Crippen LogP contribution >= 0.6 is 11.3 Å². The molecular formula is C48H35NSSi. The summed E-state index contributed by atoms with van der Waals surface area (Å²) in [7, 11) is -2.00. The van der Waals surface area contributed by atoms with Crippen LogP contribution in [0.5, 0.6) is 0 Å². The van der Waals surface area contributed by atoms with Crippen molar-refractivity contribution in [3.8, 4) is 33.4 Å². The molecule has 0 unspecified atom stereocenters. The van der Waals surface area contributed by atoms with Gasteiger partial charge in [0.1, 0.15) is 8.07 Å². The molecule has 10 rings (SSSR count). The zero-order valence-electron chi connectivity index (χ0n) is 28.6. The highest BCUT2D eigenvalue weighted by Crippen LogP contribution is 2.48. The molecule has 1 aliphatic heterocycles. The number of anilines is 3. The van der Waals surface area contributed by atoms with E-state index in [2.05, 4.69) is 194 Å². The topological polar surface area (TPSA) is 3.24 Å². The molecule has 0 atom stereocenters. The molecule has 0 N–H and O–H groups in total. The second kappa shape index (κ2) is 11.7. The third-order valence-corrected chi connectivity index (χ3v) is 15.5. The minimum absolute atomic E-state index is 1.15. The average Bonchev–Trinajstić information content (AvgIpc) is 3.68. The monoisotopic (exact) mass is 685 g/mol. The second-order valence-corrected chi connectivity index (χ2v) is 19.5. The maximum atomic E-state index is 2.53. The zero-order chi connectivity index (χ0) is 34.1. The van der Waals surface area contributed by atoms with Gasteiger partial charge in [0.2, 0.25) is 0 Å². The summed E-state index contributed by atoms with van der Waals surface area (Å²) in [6.07, 6.45) is 0. The quantitative estimate of drug-likeness (QED) is 0.163. The van der Waals surface area contributed by atoms with Crippen molar-refractivity contribution in [3.05, 3.63) is 176 Å². The predicted octanol–water partition coefficient (Wildman–Crippen LogP) is 12.8. The normalized spacial score (nSPS) is 13.1. The lowest BCUT2D eigenvalue weighted by Crippen LogP contribution is -2.49. The molecule has 8 aromatic carbocycles. The van der Waals surface area contributed by atoms with Gasteiger partial charge in [-0.15, -0.1) is 11.3 Å². The van der Waals surface area contributed by atoms with E-state index in [0.717, 1.165) is 11.4 Å². The molecule has 0 aliphatic carbocycles. The number of hydrogen-bond donors (Lipinski definition) is 0. The van der Waals surface area contributed by atoms with Crippen LogP contribution in [0.1, 0.15) is 0 Å². The Kier molecular flexibility index (Phi) is 6.89. The number of rotatable bonds is 5. The lowest BCUT2D eigenvalue weighted by Gasteiger charge is -2.29. The number of fused-ring (bicyclic) bond motifs is 8. The fraction of sp³-hybridized carbons (Fsp3) is 0.0417. The molecule has 242 valence electrons. The van der Waals surface area contributed by atoms with Gasteiger partial charge in [-0.2, -0.15) is 0 Å². The molecule has 51 heavy (non-hydrogen) atoms. The first-order valence-electron chi connectivity index (χ1n) is 17.7. The van der Waals surface area contributed by atoms with E-state index in [1.54, 1.807) is 0 Å². The van der Waals surface area contributed by atoms with Gasteiger partial charge in [0.15, 0.2) is 0 Å². The van der Waals surface area contributed by atoms with Gasteiger partial charge in [-0.3, -0.25) is 0 Å². The summed E-state index contributed by atoms with van der Waals surface area (Å²) in [5.74, 6) is 0. The van der Waals surface area contributed by atoms with E-state index in [-0.39, 0.29) is 0 Å². The maximum Gasteiger partial charge on any atom is 0.113 e. The first-order valence-corrected chi connectivity index (χ1v) is 21.5. The molecule has 0 saturated carbocycles. The van der Waals surface area contributed by atoms with E-state index in [0.29, 0.717) is 0 Å². The largest absolute Gasteiger partial charge is 0.310 e. The number of nitrogens with zero attached hydrogens (tertiary/aromatic N) is 1. The fourth-order valence-corrected chi connectivity index (χ4v) is 12.6. The lowest BCUT2D eigenvalue weighted by atomic mass is 9.96. The van der Waals surface area contributed by atoms with E-state index >= 15 is 0 Å². The summed E-state index contributed by atoms with van der Waals surface area (Å²) < 4.78 is 2.71. The van der Waals surface area contributed by atoms with Crippen molar-refractivity contribution in [2.75, 3.05) is 4.90 Å². The fourth-order valence-electron chi connectivity index (χ4n) is 8.40. The molecule has 0 spiro atoms. The molecular weight excluding hydrogens is 651 g/mol. The molecule has 0 saturated heterocycles. The highest BCUT2D eigenvalue weighted by atomic mass is 32.1. The van der Waals surface area contributed by atoms with Crippen LogP contribution in [-0.4, -0.2) is 8.07 Å². The van der Waals surface area contributed by atoms with Crippen molar-refractivity contribution in [2.24, 2.45) is 0 Å². The molecule has 0 amide bonds. The lowest BCUT2D eigenvalue weighted by molar-refractivity contribution is 1.29. The van der Waals surface area contributed by atoms with Gasteiger partial charge in [0.05, 0.1) is 5.69 Å². The van der Waals surface area contributed by atoms with Gasteiger partial charge < -0.3 is 4.90 Å². The third kappa shape index (κ3) is 4.73. The first-order chi connectivity index (χ1) is 25.1. The molecule has 0 fully saturated rings. The molecule has 2 heterocycles. The van der Waals surface area contributed by atoms with E-state index in [4.69, 9.17) is 0 Å². The Morgan fingerprint density at radius 2 is 1.14 bits per heavy atom. The van der Waals surface area contributed by atoms with Crippen molar-refractivity contribution in [1.82, 2.24) is 0 Å². The van der Waals surface area contributed by atoms with Crippen molar-refractivity contribution in [2.45, 2.75) is 13.1 Å². The Morgan fingerprint density at radius 1 is 0.451 bits per heavy atom. The Labute approximate surface area is 303 Å². The van der Waals surface area contributed by atoms with Crippen molar-refractivity contribution < 1.29 is 0 Å². The smallest absolute Gasteiger partial charge is 0.113 e. The summed E-state index contributed by atoms with van der Waals surface area (Å²) in [4.78, 5) is 2.51. The summed E-state index contributed by atoms with van der Waals surface area (Å²) in [5, 5.41) is 8.34. The SMILES string of the molecule is C[Si]1(C)c2cccc(N(c3ccc(-c4cccc5ccccc45)cc3)c3cccc(-c4ccccc4)c3)c2-c2c1ccc1sc3ccccc3c21. The Morgan fingerprint density at radius 3 is 2.00 bits per heavy atom. The Hall–Kier alpha value is -5.74. The zero-order valence-corrected chi connectivity index (χ0v) is 30.4. The van der Waals surface area contributed by atoms with Crippen LogP contribution in [0.4, 0.5) is 17.1 Å². The van der Waals surface area contributed by atoms with Gasteiger partial charge in [-0.1, -0.05) is 147 Å². The number of hydrogen-bond acceptors (Lipinski definition) is 2. The van der Waals surface area contributed by atoms with E-state index in [9.17, 15) is 0 Å². The summed E-state index contributed by atoms with van der Waals surface area (Å²) in [6, 6.07) is 65.1. The van der Waals surface area contributed by atoms with Crippen LogP contribution in [0.25, 0.3) is 64.3 Å². The predicted molar refractivity (Wildman–Crippen MR) is 225 cm³/mol. The van der Waals surface area contributed by atoms with Crippen molar-refractivity contribution >= 4 is 77.8 Å². The van der Waals surface area contributed by atoms with Gasteiger partial charge in [0, 0.05) is 37.1 Å². The molecule has 1 aliphatic rings. The maximum absolute atomic E-state index is 2.53. The minimum atomic E-state index is -2.00. The Balaban J connectivity index is 1.23. The summed E-state index contributed by atoms with van der Waals surface area (Å²) >= 11 is 1.91. The molecule has 0 bridgehead atoms. The van der Waals surface area contributed by atoms with Gasteiger partial charge >= 0.3 is 0 Å². The van der Waals surface area contributed by atoms with Crippen LogP contribution in [0.3, 0.4) is 0 Å². The van der Waals surface area contributed by atoms with Gasteiger partial charge in [-0.25, -0.2) is 0 Å². The average molecular weight is 686 g/mol. The van der Waals surface area contributed by atoms with Gasteiger partial charge in [0.25, 0.3) is 0 Å². The molecule has 1 nitrogen and oxygen atoms in total. The summed E-state index contributed by atoms with van der Waals surface area (Å²) in [6.45, 7) is 5.06. The minimum Gasteiger partial charge on any atom is -0.310 e. The molecule has 1 aromatic heterocycles. The van der Waals surface area contributed by atoms with Crippen molar-refractivity contribution in [3.63, 3.8) is 0 Å². The Bertz CT molecular complexity index is 2770. The summed E-state index contributed by atoms with van der Waals surface area (Å²) in [5.41, 5.74) is 11.3. The first kappa shape index (κ1) is 30.1. The molecule has 3 heteroatoms. The highest BCUT2D eigenvalue weighted by molar-refractivity contribution is 7.26. The van der Waals surface area contributed by atoms with Gasteiger partial charge in [-0.05, 0) is 91.4 Å². The second-order valence-electron chi connectivity index (χ2n) is 14.1. The molecule has 9 aromatic rings. The van der Waals surface area contributed by atoms with Crippen LogP contribution in [-0.2, 0) is 0 Å². The van der Waals surface area contributed by atoms with E-state index in [1.807, 2.05) is 11.3 Å². The highest BCUT2D eigenvalue weighted by Gasteiger charge is 2.41. The van der Waals surface area contributed by atoms with Crippen molar-refractivity contribution in [1.29, 1.82) is 0 Å².